The number of carbonyl (C=O) groups excluding carboxylic acids is 2. The summed E-state index contributed by atoms with van der Waals surface area (Å²) in [6.45, 7) is 0.203. The predicted molar refractivity (Wildman–Crippen MR) is 123 cm³/mol. The number of ether oxygens (including phenoxy) is 1. The third-order valence-electron chi connectivity index (χ3n) is 7.08. The molecule has 8 nitrogen and oxygen atoms in total. The van der Waals surface area contributed by atoms with Gasteiger partial charge in [0, 0.05) is 12.0 Å². The molecule has 2 fully saturated rings. The Hall–Kier alpha value is -3.39. The van der Waals surface area contributed by atoms with Gasteiger partial charge in [-0.25, -0.2) is 15.1 Å². The van der Waals surface area contributed by atoms with Crippen molar-refractivity contribution in [1.29, 1.82) is 0 Å². The zero-order chi connectivity index (χ0) is 23.7. The van der Waals surface area contributed by atoms with Gasteiger partial charge >= 0.3 is 12.1 Å². The zero-order valence-electron chi connectivity index (χ0n) is 18.7. The maximum atomic E-state index is 12.6. The van der Waals surface area contributed by atoms with E-state index in [9.17, 15) is 19.5 Å². The Labute approximate surface area is 197 Å². The van der Waals surface area contributed by atoms with E-state index >= 15 is 0 Å². The number of nitrogens with one attached hydrogen (secondary N) is 2. The Morgan fingerprint density at radius 3 is 2.21 bits per heavy atom. The van der Waals surface area contributed by atoms with Crippen LogP contribution in [0, 0.1) is 11.8 Å². The van der Waals surface area contributed by atoms with Crippen LogP contribution in [0.1, 0.15) is 49.1 Å². The van der Waals surface area contributed by atoms with Crippen LogP contribution >= 0.6 is 0 Å². The lowest BCUT2D eigenvalue weighted by atomic mass is 9.98. The standard InChI is InChI=1S/C26H28N2O6/c29-24(28-34-23(25(30)31)15-12-13-15)20-10-5-11-22(20)27-26(32)33-14-21-18-8-3-1-6-16(18)17-7-2-4-9-19(17)21/h1-4,6-9,15,20-23H,5,10-14H2,(H,27,32)(H,28,29)(H,30,31). The number of carboxylic acid groups (broad SMARTS) is 1. The van der Waals surface area contributed by atoms with E-state index in [1.165, 1.54) is 0 Å². The summed E-state index contributed by atoms with van der Waals surface area (Å²) in [7, 11) is 0. The molecule has 2 saturated carbocycles. The van der Waals surface area contributed by atoms with E-state index in [0.29, 0.717) is 12.8 Å². The quantitative estimate of drug-likeness (QED) is 0.515. The molecule has 0 heterocycles. The van der Waals surface area contributed by atoms with E-state index in [1.807, 2.05) is 24.3 Å². The molecular formula is C26H28N2O6. The third kappa shape index (κ3) is 4.50. The minimum Gasteiger partial charge on any atom is -0.479 e. The Morgan fingerprint density at radius 2 is 1.59 bits per heavy atom. The SMILES string of the molecule is O=C(NC1CCCC1C(=O)NOC(C(=O)O)C1CC1)OCC1c2ccccc2-c2ccccc21. The average Bonchev–Trinajstić information content (AvgIpc) is 3.47. The van der Waals surface area contributed by atoms with Crippen LogP contribution < -0.4 is 10.8 Å². The smallest absolute Gasteiger partial charge is 0.407 e. The fraction of sp³-hybridized carbons (Fsp3) is 0.423. The summed E-state index contributed by atoms with van der Waals surface area (Å²) in [6.07, 6.45) is 1.98. The molecule has 34 heavy (non-hydrogen) atoms. The van der Waals surface area contributed by atoms with Gasteiger partial charge in [-0.1, -0.05) is 55.0 Å². The van der Waals surface area contributed by atoms with Crippen LogP contribution in [-0.4, -0.2) is 41.8 Å². The number of carboxylic acids is 1. The van der Waals surface area contributed by atoms with Gasteiger partial charge in [0.25, 0.3) is 0 Å². The van der Waals surface area contributed by atoms with E-state index in [2.05, 4.69) is 35.1 Å². The number of hydroxylamine groups is 1. The highest BCUT2D eigenvalue weighted by Gasteiger charge is 2.40. The number of amides is 2. The van der Waals surface area contributed by atoms with Crippen molar-refractivity contribution in [1.82, 2.24) is 10.8 Å². The molecule has 5 rings (SSSR count). The molecule has 0 saturated heterocycles. The third-order valence-corrected chi connectivity index (χ3v) is 7.08. The summed E-state index contributed by atoms with van der Waals surface area (Å²) in [5.41, 5.74) is 6.90. The van der Waals surface area contributed by atoms with Crippen molar-refractivity contribution >= 4 is 18.0 Å². The van der Waals surface area contributed by atoms with Gasteiger partial charge in [-0.15, -0.1) is 0 Å². The maximum Gasteiger partial charge on any atom is 0.407 e. The molecule has 3 N–H and O–H groups in total. The topological polar surface area (TPSA) is 114 Å². The van der Waals surface area contributed by atoms with Crippen molar-refractivity contribution < 1.29 is 29.1 Å². The number of benzene rings is 2. The molecule has 2 aromatic rings. The fourth-order valence-electron chi connectivity index (χ4n) is 5.18. The molecule has 3 aliphatic rings. The van der Waals surface area contributed by atoms with E-state index in [0.717, 1.165) is 41.5 Å². The number of hydrogen-bond donors (Lipinski definition) is 3. The lowest BCUT2D eigenvalue weighted by molar-refractivity contribution is -0.163. The highest BCUT2D eigenvalue weighted by Crippen LogP contribution is 2.44. The summed E-state index contributed by atoms with van der Waals surface area (Å²) >= 11 is 0. The molecule has 8 heteroatoms. The predicted octanol–water partition coefficient (Wildman–Crippen LogP) is 3.60. The van der Waals surface area contributed by atoms with Crippen molar-refractivity contribution in [3.8, 4) is 11.1 Å². The molecule has 178 valence electrons. The number of carbonyl (C=O) groups is 3. The number of hydrogen-bond acceptors (Lipinski definition) is 5. The van der Waals surface area contributed by atoms with Crippen molar-refractivity contribution in [2.45, 2.75) is 50.2 Å². The maximum absolute atomic E-state index is 12.6. The molecular weight excluding hydrogens is 436 g/mol. The summed E-state index contributed by atoms with van der Waals surface area (Å²) < 4.78 is 5.61. The zero-order valence-corrected chi connectivity index (χ0v) is 18.7. The van der Waals surface area contributed by atoms with Crippen molar-refractivity contribution in [3.63, 3.8) is 0 Å². The molecule has 3 atom stereocenters. The number of aliphatic carboxylic acids is 1. The minimum atomic E-state index is -1.08. The number of alkyl carbamates (subject to hydrolysis) is 1. The van der Waals surface area contributed by atoms with Crippen LogP contribution in [0.15, 0.2) is 48.5 Å². The first kappa shape index (κ1) is 22.4. The van der Waals surface area contributed by atoms with E-state index in [-0.39, 0.29) is 24.5 Å². The Morgan fingerprint density at radius 1 is 0.941 bits per heavy atom. The molecule has 3 unspecified atom stereocenters. The van der Waals surface area contributed by atoms with Gasteiger partial charge in [-0.3, -0.25) is 9.63 Å². The van der Waals surface area contributed by atoms with Crippen LogP contribution in [0.25, 0.3) is 11.1 Å². The largest absolute Gasteiger partial charge is 0.479 e. The molecule has 0 aromatic heterocycles. The van der Waals surface area contributed by atoms with Crippen LogP contribution in [-0.2, 0) is 19.2 Å². The second kappa shape index (κ2) is 9.46. The normalized spacial score (nSPS) is 21.9. The monoisotopic (exact) mass is 464 g/mol. The lowest BCUT2D eigenvalue weighted by Crippen LogP contribution is -2.46. The van der Waals surface area contributed by atoms with Crippen molar-refractivity contribution in [3.05, 3.63) is 59.7 Å². The minimum absolute atomic E-state index is 0.0374. The van der Waals surface area contributed by atoms with E-state index in [4.69, 9.17) is 9.57 Å². The van der Waals surface area contributed by atoms with Gasteiger partial charge in [-0.2, -0.15) is 0 Å². The Balaban J connectivity index is 1.16. The second-order valence-electron chi connectivity index (χ2n) is 9.29. The van der Waals surface area contributed by atoms with Crippen LogP contribution in [0.5, 0.6) is 0 Å². The summed E-state index contributed by atoms with van der Waals surface area (Å²) in [5, 5.41) is 12.1. The highest BCUT2D eigenvalue weighted by atomic mass is 16.7. The van der Waals surface area contributed by atoms with Crippen molar-refractivity contribution in [2.75, 3.05) is 6.61 Å². The molecule has 0 radical (unpaired) electrons. The van der Waals surface area contributed by atoms with Gasteiger partial charge in [0.2, 0.25) is 5.91 Å². The first-order chi connectivity index (χ1) is 16.5. The van der Waals surface area contributed by atoms with Gasteiger partial charge in [0.1, 0.15) is 6.61 Å². The molecule has 3 aliphatic carbocycles. The van der Waals surface area contributed by atoms with Crippen LogP contribution in [0.4, 0.5) is 4.79 Å². The first-order valence-corrected chi connectivity index (χ1v) is 11.8. The first-order valence-electron chi connectivity index (χ1n) is 11.8. The Kier molecular flexibility index (Phi) is 6.24. The van der Waals surface area contributed by atoms with Gasteiger partial charge in [-0.05, 0) is 53.9 Å². The van der Waals surface area contributed by atoms with Crippen molar-refractivity contribution in [2.24, 2.45) is 11.8 Å². The molecule has 0 spiro atoms. The van der Waals surface area contributed by atoms with Gasteiger partial charge in [0.05, 0.1) is 5.92 Å². The molecule has 0 bridgehead atoms. The number of fused-ring (bicyclic) bond motifs is 3. The van der Waals surface area contributed by atoms with E-state index < -0.39 is 30.0 Å². The number of rotatable bonds is 8. The van der Waals surface area contributed by atoms with E-state index in [1.54, 1.807) is 0 Å². The van der Waals surface area contributed by atoms with Gasteiger partial charge in [0.15, 0.2) is 6.10 Å². The molecule has 0 aliphatic heterocycles. The van der Waals surface area contributed by atoms with Crippen LogP contribution in [0.3, 0.4) is 0 Å². The van der Waals surface area contributed by atoms with Gasteiger partial charge < -0.3 is 15.2 Å². The summed E-state index contributed by atoms with van der Waals surface area (Å²) in [4.78, 5) is 41.8. The summed E-state index contributed by atoms with van der Waals surface area (Å²) in [5.74, 6) is -2.08. The fourth-order valence-corrected chi connectivity index (χ4v) is 5.18. The summed E-state index contributed by atoms with van der Waals surface area (Å²) in [6, 6.07) is 15.9. The van der Waals surface area contributed by atoms with Crippen LogP contribution in [0.2, 0.25) is 0 Å². The second-order valence-corrected chi connectivity index (χ2v) is 9.29. The Bertz CT molecular complexity index is 1050. The lowest BCUT2D eigenvalue weighted by Gasteiger charge is -2.22. The molecule has 2 aromatic carbocycles. The highest BCUT2D eigenvalue weighted by molar-refractivity contribution is 5.81. The molecule has 2 amide bonds. The average molecular weight is 465 g/mol.